The van der Waals surface area contributed by atoms with Gasteiger partial charge in [0.1, 0.15) is 0 Å². The first-order valence-electron chi connectivity index (χ1n) is 10.6. The van der Waals surface area contributed by atoms with E-state index in [-0.39, 0.29) is 29.9 Å². The van der Waals surface area contributed by atoms with E-state index in [9.17, 15) is 28.8 Å². The molecule has 0 N–H and O–H groups in total. The first-order valence-corrected chi connectivity index (χ1v) is 14.4. The molecule has 42 heavy (non-hydrogen) atoms. The lowest BCUT2D eigenvalue weighted by molar-refractivity contribution is 0.0546. The maximum Gasteiger partial charge on any atom is 0.270 e. The smallest absolute Gasteiger partial charge is 0.268 e. The molecule has 5 rings (SSSR count). The summed E-state index contributed by atoms with van der Waals surface area (Å²) in [4.78, 5) is 80.0. The number of imide groups is 6. The highest BCUT2D eigenvalue weighted by Gasteiger charge is 2.48. The van der Waals surface area contributed by atoms with Crippen LogP contribution in [0.3, 0.4) is 0 Å². The molecule has 0 saturated heterocycles. The lowest BCUT2D eigenvalue weighted by Gasteiger charge is -2.18. The van der Waals surface area contributed by atoms with Crippen molar-refractivity contribution in [2.75, 3.05) is 0 Å². The van der Waals surface area contributed by atoms with Crippen molar-refractivity contribution in [1.29, 1.82) is 0 Å². The highest BCUT2D eigenvalue weighted by atomic mass is 35.5. The molecule has 0 bridgehead atoms. The summed E-state index contributed by atoms with van der Waals surface area (Å²) >= 11 is 61.0. The van der Waals surface area contributed by atoms with Crippen molar-refractivity contribution >= 4 is 151 Å². The lowest BCUT2D eigenvalue weighted by atomic mass is 10.1. The SMILES string of the molecule is O=C(c1ccc(Cl)c(C(=O)N2C(=O)c3c(Cl)c(Cl)c(Cl)c(Cl)c3C2=O)c1Cl)N1C(=O)c2c(Cl)c(Cl)c(Cl)c(Cl)c2C1=O. The number of fused-ring (bicyclic) bond motifs is 2. The monoisotopic (exact) mass is 764 g/mol. The second-order valence-corrected chi connectivity index (χ2v) is 12.1. The summed E-state index contributed by atoms with van der Waals surface area (Å²) in [6, 6.07) is 2.00. The molecule has 6 amide bonds. The fourth-order valence-electron chi connectivity index (χ4n) is 4.21. The third-order valence-electron chi connectivity index (χ3n) is 6.14. The predicted molar refractivity (Wildman–Crippen MR) is 159 cm³/mol. The van der Waals surface area contributed by atoms with Crippen molar-refractivity contribution in [3.63, 3.8) is 0 Å². The van der Waals surface area contributed by atoms with Gasteiger partial charge < -0.3 is 0 Å². The number of hydrogen-bond acceptors (Lipinski definition) is 6. The van der Waals surface area contributed by atoms with Gasteiger partial charge in [-0.3, -0.25) is 28.8 Å². The summed E-state index contributed by atoms with van der Waals surface area (Å²) in [7, 11) is 0. The Hall–Kier alpha value is -1.82. The minimum Gasteiger partial charge on any atom is -0.268 e. The van der Waals surface area contributed by atoms with Gasteiger partial charge in [0.25, 0.3) is 35.4 Å². The van der Waals surface area contributed by atoms with E-state index >= 15 is 0 Å². The van der Waals surface area contributed by atoms with E-state index in [0.717, 1.165) is 12.1 Å². The van der Waals surface area contributed by atoms with E-state index in [2.05, 4.69) is 0 Å². The molecule has 0 aromatic heterocycles. The van der Waals surface area contributed by atoms with Crippen LogP contribution in [0.5, 0.6) is 0 Å². The van der Waals surface area contributed by atoms with E-state index in [1.54, 1.807) is 0 Å². The third-order valence-corrected chi connectivity index (χ3v) is 10.5. The molecule has 0 saturated carbocycles. The highest BCUT2D eigenvalue weighted by molar-refractivity contribution is 6.57. The van der Waals surface area contributed by atoms with Gasteiger partial charge >= 0.3 is 0 Å². The summed E-state index contributed by atoms with van der Waals surface area (Å²) in [5, 5.41) is -4.26. The molecular weight excluding hydrogens is 767 g/mol. The molecule has 3 aromatic carbocycles. The predicted octanol–water partition coefficient (Wildman–Crippen LogP) is 9.09. The molecule has 0 fully saturated rings. The number of halogens is 10. The minimum atomic E-state index is -1.41. The second kappa shape index (κ2) is 11.0. The van der Waals surface area contributed by atoms with E-state index in [1.807, 2.05) is 0 Å². The summed E-state index contributed by atoms with van der Waals surface area (Å²) in [6.07, 6.45) is 0. The largest absolute Gasteiger partial charge is 0.270 e. The number of carbonyl (C=O) groups is 6. The Morgan fingerprint density at radius 1 is 0.429 bits per heavy atom. The van der Waals surface area contributed by atoms with Crippen LogP contribution in [0, 0.1) is 0 Å². The van der Waals surface area contributed by atoms with E-state index in [0.29, 0.717) is 0 Å². The van der Waals surface area contributed by atoms with Crippen LogP contribution in [0.2, 0.25) is 50.2 Å². The van der Waals surface area contributed by atoms with Crippen LogP contribution in [0.1, 0.15) is 62.1 Å². The number of nitrogens with zero attached hydrogens (tertiary/aromatic N) is 2. The lowest BCUT2D eigenvalue weighted by Crippen LogP contribution is -2.38. The summed E-state index contributed by atoms with van der Waals surface area (Å²) < 4.78 is 0. The molecule has 8 nitrogen and oxygen atoms in total. The van der Waals surface area contributed by atoms with Crippen LogP contribution in [0.15, 0.2) is 12.1 Å². The van der Waals surface area contributed by atoms with Gasteiger partial charge in [0.2, 0.25) is 0 Å². The average Bonchev–Trinajstić information content (AvgIpc) is 3.36. The van der Waals surface area contributed by atoms with E-state index < -0.39 is 99.0 Å². The first-order chi connectivity index (χ1) is 19.6. The summed E-state index contributed by atoms with van der Waals surface area (Å²) in [5.74, 6) is -7.67. The van der Waals surface area contributed by atoms with Gasteiger partial charge in [-0.05, 0) is 12.1 Å². The average molecular weight is 769 g/mol. The molecule has 2 aliphatic rings. The van der Waals surface area contributed by atoms with Gasteiger partial charge in [-0.2, -0.15) is 0 Å². The Bertz CT molecular complexity index is 1830. The first kappa shape index (κ1) is 31.6. The Balaban J connectivity index is 1.59. The van der Waals surface area contributed by atoms with Crippen LogP contribution in [0.4, 0.5) is 0 Å². The van der Waals surface area contributed by atoms with Crippen LogP contribution < -0.4 is 0 Å². The normalized spacial score (nSPS) is 14.2. The molecule has 0 unspecified atom stereocenters. The molecule has 18 heteroatoms. The van der Waals surface area contributed by atoms with E-state index in [1.165, 1.54) is 0 Å². The number of carbonyl (C=O) groups excluding carboxylic acids is 6. The molecule has 2 aliphatic heterocycles. The topological polar surface area (TPSA) is 109 Å². The van der Waals surface area contributed by atoms with Gasteiger partial charge in [-0.1, -0.05) is 116 Å². The minimum absolute atomic E-state index is 0.113. The fourth-order valence-corrected chi connectivity index (χ4v) is 6.85. The number of rotatable bonds is 2. The molecule has 214 valence electrons. The quantitative estimate of drug-likeness (QED) is 0.146. The Labute approximate surface area is 283 Å². The summed E-state index contributed by atoms with van der Waals surface area (Å²) in [5.41, 5.74) is -3.33. The molecular formula is C24H2Cl10N2O6. The second-order valence-electron chi connectivity index (χ2n) is 8.30. The fraction of sp³-hybridized carbons (Fsp3) is 0. The van der Waals surface area contributed by atoms with Gasteiger partial charge in [0, 0.05) is 0 Å². The van der Waals surface area contributed by atoms with Gasteiger partial charge in [-0.25, -0.2) is 9.80 Å². The molecule has 0 spiro atoms. The molecule has 0 aliphatic carbocycles. The van der Waals surface area contributed by atoms with Crippen molar-refractivity contribution < 1.29 is 28.8 Å². The van der Waals surface area contributed by atoms with Gasteiger partial charge in [0.05, 0.1) is 83.6 Å². The Kier molecular flexibility index (Phi) is 8.25. The third kappa shape index (κ3) is 4.27. The van der Waals surface area contributed by atoms with E-state index in [4.69, 9.17) is 116 Å². The highest BCUT2D eigenvalue weighted by Crippen LogP contribution is 2.47. The zero-order valence-corrected chi connectivity index (χ0v) is 26.8. The van der Waals surface area contributed by atoms with Crippen LogP contribution in [0.25, 0.3) is 0 Å². The molecule has 3 aromatic rings. The van der Waals surface area contributed by atoms with Gasteiger partial charge in [-0.15, -0.1) is 0 Å². The van der Waals surface area contributed by atoms with Crippen LogP contribution in [-0.2, 0) is 0 Å². The van der Waals surface area contributed by atoms with Crippen molar-refractivity contribution in [2.45, 2.75) is 0 Å². The number of hydrogen-bond donors (Lipinski definition) is 0. The zero-order valence-electron chi connectivity index (χ0n) is 19.3. The van der Waals surface area contributed by atoms with Crippen molar-refractivity contribution in [3.8, 4) is 0 Å². The summed E-state index contributed by atoms with van der Waals surface area (Å²) in [6.45, 7) is 0. The van der Waals surface area contributed by atoms with Crippen LogP contribution >= 0.6 is 116 Å². The molecule has 2 heterocycles. The molecule has 0 atom stereocenters. The van der Waals surface area contributed by atoms with Crippen LogP contribution in [-0.4, -0.2) is 45.2 Å². The zero-order chi connectivity index (χ0) is 31.3. The van der Waals surface area contributed by atoms with Gasteiger partial charge in [0.15, 0.2) is 0 Å². The van der Waals surface area contributed by atoms with Crippen molar-refractivity contribution in [2.24, 2.45) is 0 Å². The maximum absolute atomic E-state index is 13.6. The van der Waals surface area contributed by atoms with Crippen molar-refractivity contribution in [1.82, 2.24) is 9.80 Å². The Morgan fingerprint density at radius 3 is 1.07 bits per heavy atom. The number of amides is 6. The Morgan fingerprint density at radius 2 is 0.738 bits per heavy atom. The maximum atomic E-state index is 13.6. The van der Waals surface area contributed by atoms with Crippen molar-refractivity contribution in [3.05, 3.63) is 95.7 Å². The molecule has 0 radical (unpaired) electrons. The number of benzene rings is 3. The standard InChI is InChI=1S/C24H2Cl10N2O6/c25-4-2-1-3(19(37)35-21(39)6-7(22(35)40)12(28)16(32)15(31)11(6)27)10(26)5(4)20(38)36-23(41)8-9(24(36)42)14(30)18(34)17(33)13(8)29/h1-2H.